The van der Waals surface area contributed by atoms with Crippen molar-refractivity contribution in [1.82, 2.24) is 5.32 Å². The molecule has 3 amide bonds. The fourth-order valence-corrected chi connectivity index (χ4v) is 2.25. The fourth-order valence-electron chi connectivity index (χ4n) is 2.25. The minimum absolute atomic E-state index is 0.0444. The highest BCUT2D eigenvalue weighted by molar-refractivity contribution is 6.00. The van der Waals surface area contributed by atoms with E-state index in [2.05, 4.69) is 5.32 Å². The van der Waals surface area contributed by atoms with Gasteiger partial charge in [-0.25, -0.2) is 4.79 Å². The van der Waals surface area contributed by atoms with Gasteiger partial charge in [0.2, 0.25) is 17.7 Å². The highest BCUT2D eigenvalue weighted by atomic mass is 19.4. The number of alkyl halides is 3. The fraction of sp³-hybridized carbons (Fsp3) is 0.412. The Morgan fingerprint density at radius 3 is 2.29 bits per heavy atom. The molecule has 0 bridgehead atoms. The molecule has 0 saturated carbocycles. The monoisotopic (exact) mass is 403 g/mol. The minimum Gasteiger partial charge on any atom is -0.475 e. The van der Waals surface area contributed by atoms with Crippen molar-refractivity contribution < 1.29 is 37.5 Å². The Labute approximate surface area is 158 Å². The number of aliphatic carboxylic acids is 1. The standard InChI is InChI=1S/C15H19N3O3.C2HF3O2/c1-9(2)15(21)17-8-13(19)18-6-5-10-3-4-11(14(16)20)7-12(10)18;3-2(4,5)1(6)7/h3-4,7,9H,5-6,8H2,1-2H3,(H2,16,20)(H,17,21);(H,6,7). The Balaban J connectivity index is 0.000000480. The lowest BCUT2D eigenvalue weighted by Crippen LogP contribution is -2.40. The van der Waals surface area contributed by atoms with Crippen LogP contribution in [-0.2, 0) is 20.8 Å². The third-order valence-corrected chi connectivity index (χ3v) is 3.75. The Bertz CT molecular complexity index is 778. The highest BCUT2D eigenvalue weighted by Gasteiger charge is 2.38. The van der Waals surface area contributed by atoms with Gasteiger partial charge < -0.3 is 21.1 Å². The number of nitrogens with one attached hydrogen (secondary N) is 1. The number of carbonyl (C=O) groups excluding carboxylic acids is 3. The summed E-state index contributed by atoms with van der Waals surface area (Å²) in [4.78, 5) is 45.4. The van der Waals surface area contributed by atoms with Gasteiger partial charge in [0.05, 0.1) is 6.54 Å². The number of carbonyl (C=O) groups is 4. The van der Waals surface area contributed by atoms with E-state index in [0.717, 1.165) is 12.0 Å². The number of nitrogens with zero attached hydrogens (tertiary/aromatic N) is 1. The molecular formula is C17H20F3N3O5. The molecule has 154 valence electrons. The molecule has 4 N–H and O–H groups in total. The Hall–Kier alpha value is -3.11. The van der Waals surface area contributed by atoms with E-state index in [1.807, 2.05) is 6.07 Å². The van der Waals surface area contributed by atoms with Gasteiger partial charge in [-0.05, 0) is 24.1 Å². The van der Waals surface area contributed by atoms with Crippen LogP contribution in [0.2, 0.25) is 0 Å². The number of hydrogen-bond donors (Lipinski definition) is 3. The molecule has 0 spiro atoms. The number of anilines is 1. The first-order valence-corrected chi connectivity index (χ1v) is 8.15. The van der Waals surface area contributed by atoms with Crippen LogP contribution >= 0.6 is 0 Å². The first-order chi connectivity index (χ1) is 12.8. The van der Waals surface area contributed by atoms with Gasteiger partial charge in [0.15, 0.2) is 0 Å². The van der Waals surface area contributed by atoms with Crippen molar-refractivity contribution in [3.8, 4) is 0 Å². The molecule has 0 unspecified atom stereocenters. The lowest BCUT2D eigenvalue weighted by molar-refractivity contribution is -0.192. The summed E-state index contributed by atoms with van der Waals surface area (Å²) >= 11 is 0. The van der Waals surface area contributed by atoms with Gasteiger partial charge in [-0.1, -0.05) is 19.9 Å². The molecule has 1 aromatic carbocycles. The predicted octanol–water partition coefficient (Wildman–Crippen LogP) is 1.08. The number of carboxylic acid groups (broad SMARTS) is 1. The van der Waals surface area contributed by atoms with Gasteiger partial charge in [-0.15, -0.1) is 0 Å². The molecule has 0 atom stereocenters. The third kappa shape index (κ3) is 6.25. The third-order valence-electron chi connectivity index (χ3n) is 3.75. The number of fused-ring (bicyclic) bond motifs is 1. The van der Waals surface area contributed by atoms with Crippen LogP contribution in [0.25, 0.3) is 0 Å². The average Bonchev–Trinajstić information content (AvgIpc) is 3.02. The Kier molecular flexibility index (Phi) is 7.53. The minimum atomic E-state index is -5.08. The van der Waals surface area contributed by atoms with E-state index in [9.17, 15) is 27.6 Å². The van der Waals surface area contributed by atoms with Crippen LogP contribution in [-0.4, -0.2) is 48.1 Å². The normalized spacial score (nSPS) is 12.7. The number of nitrogens with two attached hydrogens (primary N) is 1. The molecule has 0 fully saturated rings. The zero-order chi connectivity index (χ0) is 21.6. The van der Waals surface area contributed by atoms with Crippen LogP contribution < -0.4 is 16.0 Å². The second-order valence-electron chi connectivity index (χ2n) is 6.18. The highest BCUT2D eigenvalue weighted by Crippen LogP contribution is 2.29. The maximum Gasteiger partial charge on any atom is 0.490 e. The van der Waals surface area contributed by atoms with E-state index in [1.54, 1.807) is 30.9 Å². The summed E-state index contributed by atoms with van der Waals surface area (Å²) in [5.41, 5.74) is 7.34. The summed E-state index contributed by atoms with van der Waals surface area (Å²) in [6.45, 7) is 4.04. The second-order valence-corrected chi connectivity index (χ2v) is 6.18. The van der Waals surface area contributed by atoms with Gasteiger partial charge in [-0.3, -0.25) is 14.4 Å². The van der Waals surface area contributed by atoms with Crippen molar-refractivity contribution in [2.75, 3.05) is 18.0 Å². The van der Waals surface area contributed by atoms with Gasteiger partial charge in [-0.2, -0.15) is 13.2 Å². The molecule has 1 aliphatic rings. The molecule has 1 aromatic rings. The SMILES string of the molecule is CC(C)C(=O)NCC(=O)N1CCc2ccc(C(N)=O)cc21.O=C(O)C(F)(F)F. The van der Waals surface area contributed by atoms with Crippen LogP contribution in [0.1, 0.15) is 29.8 Å². The summed E-state index contributed by atoms with van der Waals surface area (Å²) in [6.07, 6.45) is -4.35. The van der Waals surface area contributed by atoms with Crippen molar-refractivity contribution in [2.45, 2.75) is 26.4 Å². The van der Waals surface area contributed by atoms with Gasteiger partial charge in [0.25, 0.3) is 0 Å². The van der Waals surface area contributed by atoms with E-state index in [4.69, 9.17) is 15.6 Å². The van der Waals surface area contributed by atoms with Crippen LogP contribution in [0.4, 0.5) is 18.9 Å². The van der Waals surface area contributed by atoms with Crippen molar-refractivity contribution >= 4 is 29.4 Å². The number of hydrogen-bond acceptors (Lipinski definition) is 4. The molecule has 0 aromatic heterocycles. The quantitative estimate of drug-likeness (QED) is 0.693. The van der Waals surface area contributed by atoms with Crippen molar-refractivity contribution in [2.24, 2.45) is 11.7 Å². The molecule has 28 heavy (non-hydrogen) atoms. The smallest absolute Gasteiger partial charge is 0.475 e. The van der Waals surface area contributed by atoms with Crippen LogP contribution in [0.5, 0.6) is 0 Å². The van der Waals surface area contributed by atoms with Crippen molar-refractivity contribution in [3.63, 3.8) is 0 Å². The molecular weight excluding hydrogens is 383 g/mol. The lowest BCUT2D eigenvalue weighted by Gasteiger charge is -2.18. The maximum atomic E-state index is 12.2. The molecule has 8 nitrogen and oxygen atoms in total. The van der Waals surface area contributed by atoms with Gasteiger partial charge in [0, 0.05) is 23.7 Å². The van der Waals surface area contributed by atoms with Crippen LogP contribution in [0.15, 0.2) is 18.2 Å². The van der Waals surface area contributed by atoms with Crippen molar-refractivity contribution in [1.29, 1.82) is 0 Å². The topological polar surface area (TPSA) is 130 Å². The van der Waals surface area contributed by atoms with E-state index in [0.29, 0.717) is 17.8 Å². The van der Waals surface area contributed by atoms with E-state index in [1.165, 1.54) is 0 Å². The van der Waals surface area contributed by atoms with Crippen LogP contribution in [0.3, 0.4) is 0 Å². The second kappa shape index (κ2) is 9.20. The zero-order valence-corrected chi connectivity index (χ0v) is 15.2. The number of benzene rings is 1. The number of carboxylic acids is 1. The number of rotatable bonds is 4. The molecule has 11 heteroatoms. The summed E-state index contributed by atoms with van der Waals surface area (Å²) in [6, 6.07) is 5.11. The molecule has 0 aliphatic carbocycles. The lowest BCUT2D eigenvalue weighted by atomic mass is 10.1. The number of primary amides is 1. The molecule has 1 heterocycles. The zero-order valence-electron chi connectivity index (χ0n) is 15.2. The largest absolute Gasteiger partial charge is 0.490 e. The average molecular weight is 403 g/mol. The maximum absolute atomic E-state index is 12.2. The van der Waals surface area contributed by atoms with Gasteiger partial charge >= 0.3 is 12.1 Å². The molecule has 2 rings (SSSR count). The molecule has 0 radical (unpaired) electrons. The molecule has 1 aliphatic heterocycles. The van der Waals surface area contributed by atoms with E-state index >= 15 is 0 Å². The number of halogens is 3. The Morgan fingerprint density at radius 2 is 1.82 bits per heavy atom. The predicted molar refractivity (Wildman–Crippen MR) is 92.6 cm³/mol. The summed E-state index contributed by atoms with van der Waals surface area (Å²) in [5.74, 6) is -3.79. The van der Waals surface area contributed by atoms with E-state index < -0.39 is 18.1 Å². The van der Waals surface area contributed by atoms with Crippen LogP contribution in [0, 0.1) is 5.92 Å². The molecule has 0 saturated heterocycles. The number of amides is 3. The van der Waals surface area contributed by atoms with E-state index in [-0.39, 0.29) is 24.3 Å². The van der Waals surface area contributed by atoms with Crippen molar-refractivity contribution in [3.05, 3.63) is 29.3 Å². The van der Waals surface area contributed by atoms with Gasteiger partial charge in [0.1, 0.15) is 0 Å². The summed E-state index contributed by atoms with van der Waals surface area (Å²) < 4.78 is 31.7. The summed E-state index contributed by atoms with van der Waals surface area (Å²) in [5, 5.41) is 9.73. The summed E-state index contributed by atoms with van der Waals surface area (Å²) in [7, 11) is 0. The Morgan fingerprint density at radius 1 is 1.25 bits per heavy atom. The first kappa shape index (κ1) is 22.9. The first-order valence-electron chi connectivity index (χ1n) is 8.15.